The average Bonchev–Trinajstić information content (AvgIpc) is 3.29. The lowest BCUT2D eigenvalue weighted by Crippen LogP contribution is -2.65. The summed E-state index contributed by atoms with van der Waals surface area (Å²) in [5.41, 5.74) is -1.67. The first kappa shape index (κ1) is 49.8. The van der Waals surface area contributed by atoms with E-state index in [9.17, 15) is 81.4 Å². The maximum Gasteiger partial charge on any atom is 0.239 e. The highest BCUT2D eigenvalue weighted by atomic mass is 16.8. The summed E-state index contributed by atoms with van der Waals surface area (Å²) in [5.74, 6) is -3.03. The van der Waals surface area contributed by atoms with E-state index in [0.717, 1.165) is 18.2 Å². The molecule has 20 unspecified atom stereocenters. The molecule has 0 amide bonds. The van der Waals surface area contributed by atoms with E-state index in [0.29, 0.717) is 0 Å². The van der Waals surface area contributed by atoms with Gasteiger partial charge in [0.15, 0.2) is 35.9 Å². The summed E-state index contributed by atoms with van der Waals surface area (Å²) in [6.07, 6.45) is -35.8. The number of phenols is 2. The van der Waals surface area contributed by atoms with Gasteiger partial charge in [-0.3, -0.25) is 4.79 Å². The van der Waals surface area contributed by atoms with Crippen LogP contribution in [-0.2, 0) is 28.4 Å². The highest BCUT2D eigenvalue weighted by Gasteiger charge is 2.53. The third-order valence-corrected chi connectivity index (χ3v) is 11.7. The normalized spacial score (nSPS) is 39.7. The number of benzene rings is 2. The van der Waals surface area contributed by atoms with Gasteiger partial charge in [0.25, 0.3) is 0 Å². The summed E-state index contributed by atoms with van der Waals surface area (Å²) in [6, 6.07) is 5.53. The molecule has 4 aliphatic rings. The van der Waals surface area contributed by atoms with Gasteiger partial charge in [0.05, 0.1) is 33.0 Å². The van der Waals surface area contributed by atoms with Crippen LogP contribution in [0.2, 0.25) is 0 Å². The Bertz CT molecular complexity index is 2190. The van der Waals surface area contributed by atoms with Crippen molar-refractivity contribution in [1.82, 2.24) is 0 Å². The number of rotatable bonds is 13. The molecule has 0 aliphatic carbocycles. The van der Waals surface area contributed by atoms with Crippen molar-refractivity contribution in [2.24, 2.45) is 0 Å². The first-order chi connectivity index (χ1) is 31.3. The van der Waals surface area contributed by atoms with E-state index in [1.165, 1.54) is 26.2 Å². The molecule has 15 N–H and O–H groups in total. The van der Waals surface area contributed by atoms with Gasteiger partial charge in [-0.15, -0.1) is 0 Å². The first-order valence-corrected chi connectivity index (χ1v) is 20.4. The quantitative estimate of drug-likeness (QED) is 0.0758. The molecule has 4 fully saturated rings. The molecule has 66 heavy (non-hydrogen) atoms. The van der Waals surface area contributed by atoms with E-state index in [2.05, 4.69) is 0 Å². The third kappa shape index (κ3) is 9.50. The molecule has 4 saturated heterocycles. The van der Waals surface area contributed by atoms with E-state index in [-0.39, 0.29) is 22.8 Å². The number of phenolic OH excluding ortho intramolecular Hbond substituents is 2. The molecule has 20 atom stereocenters. The van der Waals surface area contributed by atoms with Crippen molar-refractivity contribution in [2.75, 3.05) is 26.9 Å². The second kappa shape index (κ2) is 20.2. The molecule has 368 valence electrons. The smallest absolute Gasteiger partial charge is 0.239 e. The van der Waals surface area contributed by atoms with E-state index < -0.39 is 176 Å². The minimum absolute atomic E-state index is 0.0632. The number of hydrogen-bond donors (Lipinski definition) is 15. The Morgan fingerprint density at radius 1 is 0.591 bits per heavy atom. The lowest BCUT2D eigenvalue weighted by molar-refractivity contribution is -0.360. The van der Waals surface area contributed by atoms with Crippen LogP contribution in [0.4, 0.5) is 0 Å². The second-order valence-corrected chi connectivity index (χ2v) is 16.1. The van der Waals surface area contributed by atoms with Crippen LogP contribution in [0.3, 0.4) is 0 Å². The van der Waals surface area contributed by atoms with Crippen LogP contribution >= 0.6 is 0 Å². The van der Waals surface area contributed by atoms with Crippen molar-refractivity contribution in [3.05, 3.63) is 40.6 Å². The van der Waals surface area contributed by atoms with E-state index in [1.54, 1.807) is 0 Å². The van der Waals surface area contributed by atoms with Gasteiger partial charge in [-0.25, -0.2) is 0 Å². The van der Waals surface area contributed by atoms with Crippen LogP contribution in [0.25, 0.3) is 22.3 Å². The zero-order chi connectivity index (χ0) is 48.0. The summed E-state index contributed by atoms with van der Waals surface area (Å²) in [5, 5.41) is 157. The Morgan fingerprint density at radius 3 is 1.80 bits per heavy atom. The number of aliphatic hydroxyl groups excluding tert-OH is 13. The molecular formula is C40H52O26. The molecule has 2 aromatic carbocycles. The lowest BCUT2D eigenvalue weighted by Gasteiger charge is -2.46. The molecule has 26 nitrogen and oxygen atoms in total. The SMILES string of the molecule is COc1cc(-c2oc3cc(OC4OC(CO)C(O)C(O)C4O)cc(O)c3c(=O)c2OC2OC(COC3OC(CO)C(O)C(O)C3O)C(O)C(O)C2OC2OC(C)C(O)C(O)C2O)ccc1O. The highest BCUT2D eigenvalue weighted by molar-refractivity contribution is 5.88. The van der Waals surface area contributed by atoms with Crippen LogP contribution in [0.15, 0.2) is 39.5 Å². The number of ether oxygens (including phenoxy) is 9. The van der Waals surface area contributed by atoms with Gasteiger partial charge in [0.1, 0.15) is 108 Å². The Kier molecular flexibility index (Phi) is 15.3. The fraction of sp³-hybridized carbons (Fsp3) is 0.625. The molecular weight excluding hydrogens is 896 g/mol. The Morgan fingerprint density at radius 2 is 1.17 bits per heavy atom. The third-order valence-electron chi connectivity index (χ3n) is 11.7. The number of fused-ring (bicyclic) bond motifs is 1. The minimum Gasteiger partial charge on any atom is -0.507 e. The Labute approximate surface area is 371 Å². The molecule has 5 heterocycles. The topological polar surface area (TPSA) is 417 Å². The van der Waals surface area contributed by atoms with E-state index >= 15 is 0 Å². The van der Waals surface area contributed by atoms with Crippen molar-refractivity contribution >= 4 is 11.0 Å². The maximum absolute atomic E-state index is 14.6. The van der Waals surface area contributed by atoms with Gasteiger partial charge in [-0.05, 0) is 25.1 Å². The molecule has 0 saturated carbocycles. The molecule has 26 heteroatoms. The summed E-state index contributed by atoms with van der Waals surface area (Å²) in [4.78, 5) is 14.6. The van der Waals surface area contributed by atoms with Gasteiger partial charge < -0.3 is 124 Å². The highest BCUT2D eigenvalue weighted by Crippen LogP contribution is 2.41. The summed E-state index contributed by atoms with van der Waals surface area (Å²) in [7, 11) is 1.21. The van der Waals surface area contributed by atoms with Crippen molar-refractivity contribution < 1.29 is 124 Å². The molecule has 4 aliphatic heterocycles. The van der Waals surface area contributed by atoms with E-state index in [4.69, 9.17) is 47.0 Å². The van der Waals surface area contributed by atoms with Crippen LogP contribution in [-0.4, -0.2) is 226 Å². The zero-order valence-electron chi connectivity index (χ0n) is 34.8. The van der Waals surface area contributed by atoms with Crippen molar-refractivity contribution in [1.29, 1.82) is 0 Å². The molecule has 7 rings (SSSR count). The van der Waals surface area contributed by atoms with Gasteiger partial charge >= 0.3 is 0 Å². The van der Waals surface area contributed by atoms with E-state index in [1.807, 2.05) is 0 Å². The number of methoxy groups -OCH3 is 1. The van der Waals surface area contributed by atoms with Gasteiger partial charge in [-0.2, -0.15) is 0 Å². The van der Waals surface area contributed by atoms with Gasteiger partial charge in [-0.1, -0.05) is 0 Å². The molecule has 3 aromatic rings. The van der Waals surface area contributed by atoms with Gasteiger partial charge in [0.2, 0.25) is 23.8 Å². The summed E-state index contributed by atoms with van der Waals surface area (Å²) < 4.78 is 56.9. The molecule has 0 spiro atoms. The standard InChI is InChI=1S/C40H52O26/c1-11-22(45)27(50)32(55)38(59-11)66-36-30(53)25(48)20(10-58-37-31(54)28(51)23(46)18(8-41)62-37)64-40(36)65-35-26(49)21-15(44)6-13(60-39-33(56)29(52)24(47)19(9-42)63-39)7-17(21)61-34(35)12-3-4-14(43)16(5-12)57-2/h3-7,11,18-20,22-25,27-33,36-48,50-56H,8-10H2,1-2H3. The minimum atomic E-state index is -2.14. The Balaban J connectivity index is 1.29. The van der Waals surface area contributed by atoms with Crippen LogP contribution in [0.1, 0.15) is 6.92 Å². The zero-order valence-corrected chi connectivity index (χ0v) is 34.8. The summed E-state index contributed by atoms with van der Waals surface area (Å²) in [6.45, 7) is -1.09. The predicted molar refractivity (Wildman–Crippen MR) is 210 cm³/mol. The fourth-order valence-electron chi connectivity index (χ4n) is 7.82. The number of aromatic hydroxyl groups is 2. The first-order valence-electron chi connectivity index (χ1n) is 20.4. The largest absolute Gasteiger partial charge is 0.507 e. The van der Waals surface area contributed by atoms with Crippen LogP contribution < -0.4 is 19.6 Å². The fourth-order valence-corrected chi connectivity index (χ4v) is 7.82. The molecule has 0 bridgehead atoms. The monoisotopic (exact) mass is 948 g/mol. The Hall–Kier alpha value is -4.11. The molecule has 1 aromatic heterocycles. The van der Waals surface area contributed by atoms with Crippen molar-refractivity contribution in [3.8, 4) is 40.1 Å². The van der Waals surface area contributed by atoms with Crippen LogP contribution in [0.5, 0.6) is 28.7 Å². The average molecular weight is 949 g/mol. The second-order valence-electron chi connectivity index (χ2n) is 16.1. The van der Waals surface area contributed by atoms with Gasteiger partial charge in [0, 0.05) is 17.7 Å². The van der Waals surface area contributed by atoms with Crippen LogP contribution in [0, 0.1) is 0 Å². The summed E-state index contributed by atoms with van der Waals surface area (Å²) >= 11 is 0. The number of aliphatic hydroxyl groups is 13. The lowest BCUT2D eigenvalue weighted by atomic mass is 9.97. The van der Waals surface area contributed by atoms with Crippen molar-refractivity contribution in [2.45, 2.75) is 130 Å². The van der Waals surface area contributed by atoms with Crippen molar-refractivity contribution in [3.63, 3.8) is 0 Å². The number of hydrogen-bond acceptors (Lipinski definition) is 26. The predicted octanol–water partition coefficient (Wildman–Crippen LogP) is -6.09. The molecule has 0 radical (unpaired) electrons. The maximum atomic E-state index is 14.6.